The molecule has 1 heterocycles. The summed E-state index contributed by atoms with van der Waals surface area (Å²) in [7, 11) is 1.49. The van der Waals surface area contributed by atoms with E-state index in [9.17, 15) is 9.18 Å². The first-order valence-electron chi connectivity index (χ1n) is 5.19. The largest absolute Gasteiger partial charge is 0.355 e. The van der Waals surface area contributed by atoms with E-state index in [2.05, 4.69) is 15.3 Å². The summed E-state index contributed by atoms with van der Waals surface area (Å²) < 4.78 is 13.4. The van der Waals surface area contributed by atoms with Gasteiger partial charge in [-0.1, -0.05) is 0 Å². The molecular weight excluding hydrogens is 221 g/mol. The van der Waals surface area contributed by atoms with E-state index in [1.165, 1.54) is 19.2 Å². The predicted octanol–water partition coefficient (Wildman–Crippen LogP) is 1.75. The lowest BCUT2D eigenvalue weighted by atomic mass is 10.1. The molecule has 0 radical (unpaired) electrons. The Balaban J connectivity index is 2.83. The molecule has 1 aromatic carbocycles. The molecule has 17 heavy (non-hydrogen) atoms. The molecule has 1 N–H and O–H groups in total. The van der Waals surface area contributed by atoms with Crippen LogP contribution in [-0.4, -0.2) is 22.9 Å². The molecule has 2 aromatic rings. The highest BCUT2D eigenvalue weighted by Crippen LogP contribution is 2.18. The molecule has 2 rings (SSSR count). The minimum Gasteiger partial charge on any atom is -0.355 e. The van der Waals surface area contributed by atoms with Crippen LogP contribution in [0.3, 0.4) is 0 Å². The molecule has 1 amide bonds. The number of nitrogens with one attached hydrogen (secondary N) is 1. The van der Waals surface area contributed by atoms with Gasteiger partial charge in [0.25, 0.3) is 5.91 Å². The minimum absolute atomic E-state index is 0.207. The highest BCUT2D eigenvalue weighted by molar-refractivity contribution is 6.04. The maximum Gasteiger partial charge on any atom is 0.253 e. The van der Waals surface area contributed by atoms with Crippen molar-refractivity contribution in [2.75, 3.05) is 7.05 Å². The SMILES string of the molecule is CNC(=O)c1cc(F)cc2nc(C)c(C)nc12. The summed E-state index contributed by atoms with van der Waals surface area (Å²) in [4.78, 5) is 20.2. The van der Waals surface area contributed by atoms with E-state index in [0.717, 1.165) is 11.4 Å². The Bertz CT molecular complexity index is 610. The van der Waals surface area contributed by atoms with Gasteiger partial charge in [-0.3, -0.25) is 4.79 Å². The summed E-state index contributed by atoms with van der Waals surface area (Å²) in [6.45, 7) is 3.60. The van der Waals surface area contributed by atoms with E-state index < -0.39 is 5.82 Å². The Kier molecular flexibility index (Phi) is 2.75. The quantitative estimate of drug-likeness (QED) is 0.816. The lowest BCUT2D eigenvalue weighted by Crippen LogP contribution is -2.19. The first-order valence-corrected chi connectivity index (χ1v) is 5.19. The van der Waals surface area contributed by atoms with Gasteiger partial charge in [0.15, 0.2) is 0 Å². The van der Waals surface area contributed by atoms with Crippen molar-refractivity contribution in [3.63, 3.8) is 0 Å². The van der Waals surface area contributed by atoms with Crippen LogP contribution in [0.25, 0.3) is 11.0 Å². The molecule has 0 spiro atoms. The average molecular weight is 233 g/mol. The van der Waals surface area contributed by atoms with Crippen LogP contribution in [0.1, 0.15) is 21.7 Å². The Morgan fingerprint density at radius 1 is 1.24 bits per heavy atom. The van der Waals surface area contributed by atoms with Crippen LogP contribution in [0.15, 0.2) is 12.1 Å². The molecule has 0 unspecified atom stereocenters. The number of rotatable bonds is 1. The molecule has 0 aliphatic carbocycles. The fourth-order valence-corrected chi connectivity index (χ4v) is 1.61. The number of fused-ring (bicyclic) bond motifs is 1. The normalized spacial score (nSPS) is 10.6. The van der Waals surface area contributed by atoms with Crippen LogP contribution in [0.5, 0.6) is 0 Å². The molecule has 0 aliphatic rings. The third-order valence-corrected chi connectivity index (χ3v) is 2.62. The maximum absolute atomic E-state index is 13.4. The number of halogens is 1. The van der Waals surface area contributed by atoms with Crippen LogP contribution in [0.4, 0.5) is 4.39 Å². The second-order valence-electron chi connectivity index (χ2n) is 3.79. The van der Waals surface area contributed by atoms with E-state index in [0.29, 0.717) is 11.0 Å². The third-order valence-electron chi connectivity index (χ3n) is 2.62. The van der Waals surface area contributed by atoms with Gasteiger partial charge in [-0.15, -0.1) is 0 Å². The van der Waals surface area contributed by atoms with Gasteiger partial charge in [0.2, 0.25) is 0 Å². The van der Waals surface area contributed by atoms with Gasteiger partial charge in [0, 0.05) is 13.1 Å². The fraction of sp³-hybridized carbons (Fsp3) is 0.250. The number of carbonyl (C=O) groups excluding carboxylic acids is 1. The van der Waals surface area contributed by atoms with Gasteiger partial charge >= 0.3 is 0 Å². The van der Waals surface area contributed by atoms with Gasteiger partial charge in [0.1, 0.15) is 11.3 Å². The predicted molar refractivity (Wildman–Crippen MR) is 62.4 cm³/mol. The Morgan fingerprint density at radius 2 is 1.88 bits per heavy atom. The van der Waals surface area contributed by atoms with Gasteiger partial charge < -0.3 is 5.32 Å². The molecular formula is C12H12FN3O. The van der Waals surface area contributed by atoms with E-state index >= 15 is 0 Å². The molecule has 88 valence electrons. The van der Waals surface area contributed by atoms with Crippen LogP contribution in [0.2, 0.25) is 0 Å². The molecule has 0 saturated carbocycles. The molecule has 1 aromatic heterocycles. The lowest BCUT2D eigenvalue weighted by Gasteiger charge is -2.07. The first-order chi connectivity index (χ1) is 8.02. The number of hydrogen-bond acceptors (Lipinski definition) is 3. The Morgan fingerprint density at radius 3 is 2.53 bits per heavy atom. The van der Waals surface area contributed by atoms with Crippen molar-refractivity contribution in [3.8, 4) is 0 Å². The van der Waals surface area contributed by atoms with Gasteiger partial charge in [0.05, 0.1) is 22.5 Å². The number of hydrogen-bond donors (Lipinski definition) is 1. The van der Waals surface area contributed by atoms with Crippen LogP contribution in [0, 0.1) is 19.7 Å². The van der Waals surface area contributed by atoms with E-state index in [1.54, 1.807) is 13.8 Å². The zero-order valence-corrected chi connectivity index (χ0v) is 9.84. The average Bonchev–Trinajstić information content (AvgIpc) is 2.29. The van der Waals surface area contributed by atoms with E-state index in [4.69, 9.17) is 0 Å². The van der Waals surface area contributed by atoms with Crippen molar-refractivity contribution in [1.29, 1.82) is 0 Å². The summed E-state index contributed by atoms with van der Waals surface area (Å²) in [5.74, 6) is -0.860. The van der Waals surface area contributed by atoms with Crippen LogP contribution in [-0.2, 0) is 0 Å². The number of amides is 1. The molecule has 0 saturated heterocycles. The standard InChI is InChI=1S/C12H12FN3O/c1-6-7(2)16-11-9(12(17)14-3)4-8(13)5-10(11)15-6/h4-5H,1-3H3,(H,14,17). The van der Waals surface area contributed by atoms with E-state index in [1.807, 2.05) is 0 Å². The number of benzene rings is 1. The van der Waals surface area contributed by atoms with Crippen molar-refractivity contribution in [3.05, 3.63) is 34.9 Å². The topological polar surface area (TPSA) is 54.9 Å². The third kappa shape index (κ3) is 1.95. The number of nitrogens with zero attached hydrogens (tertiary/aromatic N) is 2. The molecule has 4 nitrogen and oxygen atoms in total. The highest BCUT2D eigenvalue weighted by Gasteiger charge is 2.14. The van der Waals surface area contributed by atoms with Crippen molar-refractivity contribution in [1.82, 2.24) is 15.3 Å². The highest BCUT2D eigenvalue weighted by atomic mass is 19.1. The van der Waals surface area contributed by atoms with Gasteiger partial charge in [-0.2, -0.15) is 0 Å². The second kappa shape index (κ2) is 4.08. The van der Waals surface area contributed by atoms with E-state index in [-0.39, 0.29) is 11.5 Å². The Labute approximate surface area is 97.9 Å². The van der Waals surface area contributed by atoms with Crippen molar-refractivity contribution < 1.29 is 9.18 Å². The van der Waals surface area contributed by atoms with Gasteiger partial charge in [-0.05, 0) is 19.9 Å². The lowest BCUT2D eigenvalue weighted by molar-refractivity contribution is 0.0964. The smallest absolute Gasteiger partial charge is 0.253 e. The monoisotopic (exact) mass is 233 g/mol. The summed E-state index contributed by atoms with van der Waals surface area (Å²) in [6, 6.07) is 2.45. The molecule has 0 aliphatic heterocycles. The van der Waals surface area contributed by atoms with Crippen LogP contribution < -0.4 is 5.32 Å². The maximum atomic E-state index is 13.4. The summed E-state index contributed by atoms with van der Waals surface area (Å²) in [5, 5.41) is 2.46. The second-order valence-corrected chi connectivity index (χ2v) is 3.79. The number of aryl methyl sites for hydroxylation is 2. The van der Waals surface area contributed by atoms with Crippen molar-refractivity contribution in [2.24, 2.45) is 0 Å². The molecule has 5 heteroatoms. The molecule has 0 atom stereocenters. The summed E-state index contributed by atoms with van der Waals surface area (Å²) >= 11 is 0. The summed E-state index contributed by atoms with van der Waals surface area (Å²) in [6.07, 6.45) is 0. The van der Waals surface area contributed by atoms with Crippen molar-refractivity contribution in [2.45, 2.75) is 13.8 Å². The fourth-order valence-electron chi connectivity index (χ4n) is 1.61. The molecule has 0 fully saturated rings. The molecule has 0 bridgehead atoms. The Hall–Kier alpha value is -2.04. The van der Waals surface area contributed by atoms with Crippen molar-refractivity contribution >= 4 is 16.9 Å². The number of carbonyl (C=O) groups is 1. The minimum atomic E-state index is -0.492. The zero-order valence-electron chi connectivity index (χ0n) is 9.84. The van der Waals surface area contributed by atoms with Gasteiger partial charge in [-0.25, -0.2) is 14.4 Å². The zero-order chi connectivity index (χ0) is 12.6. The number of aromatic nitrogens is 2. The first kappa shape index (κ1) is 11.4. The summed E-state index contributed by atoms with van der Waals surface area (Å²) in [5.41, 5.74) is 2.49. The van der Waals surface area contributed by atoms with Crippen LogP contribution >= 0.6 is 0 Å².